The highest BCUT2D eigenvalue weighted by molar-refractivity contribution is 6.01. The third-order valence-electron chi connectivity index (χ3n) is 7.52. The number of hydrogen-bond acceptors (Lipinski definition) is 3. The Balaban J connectivity index is 1.39. The lowest BCUT2D eigenvalue weighted by Gasteiger charge is -2.30. The van der Waals surface area contributed by atoms with E-state index in [-0.39, 0.29) is 17.7 Å². The van der Waals surface area contributed by atoms with E-state index in [1.54, 1.807) is 0 Å². The van der Waals surface area contributed by atoms with Gasteiger partial charge < -0.3 is 10.6 Å². The molecule has 0 saturated carbocycles. The van der Waals surface area contributed by atoms with Crippen molar-refractivity contribution in [3.05, 3.63) is 131 Å². The first-order valence-corrected chi connectivity index (χ1v) is 12.8. The fourth-order valence-corrected chi connectivity index (χ4v) is 5.50. The van der Waals surface area contributed by atoms with Gasteiger partial charge >= 0.3 is 0 Å². The van der Waals surface area contributed by atoms with Crippen molar-refractivity contribution >= 4 is 17.2 Å². The van der Waals surface area contributed by atoms with Gasteiger partial charge in [-0.05, 0) is 58.7 Å². The molecule has 0 aromatic heterocycles. The summed E-state index contributed by atoms with van der Waals surface area (Å²) in [4.78, 5) is 13.8. The number of Topliss-reactive ketones (excluding diaryl/α,β-unsaturated/α-hetero) is 1. The monoisotopic (exact) mass is 470 g/mol. The average molecular weight is 471 g/mol. The van der Waals surface area contributed by atoms with Crippen LogP contribution in [0.4, 0.5) is 11.4 Å². The van der Waals surface area contributed by atoms with Crippen LogP contribution in [0.2, 0.25) is 0 Å². The number of ketones is 1. The van der Waals surface area contributed by atoms with Crippen molar-refractivity contribution in [3.63, 3.8) is 0 Å². The summed E-state index contributed by atoms with van der Waals surface area (Å²) >= 11 is 0. The van der Waals surface area contributed by atoms with Gasteiger partial charge in [0.2, 0.25) is 0 Å². The third-order valence-corrected chi connectivity index (χ3v) is 7.52. The second kappa shape index (κ2) is 9.50. The van der Waals surface area contributed by atoms with Gasteiger partial charge in [-0.15, -0.1) is 0 Å². The molecule has 0 amide bonds. The minimum Gasteiger partial charge on any atom is -0.372 e. The van der Waals surface area contributed by atoms with E-state index in [9.17, 15) is 4.79 Å². The van der Waals surface area contributed by atoms with Crippen LogP contribution in [-0.4, -0.2) is 5.78 Å². The van der Waals surface area contributed by atoms with E-state index in [0.29, 0.717) is 6.42 Å². The topological polar surface area (TPSA) is 41.1 Å². The van der Waals surface area contributed by atoms with Crippen molar-refractivity contribution in [3.8, 4) is 11.1 Å². The molecule has 4 aromatic rings. The zero-order chi connectivity index (χ0) is 24.5. The minimum absolute atomic E-state index is 0.182. The van der Waals surface area contributed by atoms with Gasteiger partial charge in [-0.1, -0.05) is 97.9 Å². The van der Waals surface area contributed by atoms with Gasteiger partial charge in [0.25, 0.3) is 0 Å². The standard InChI is InChI=1S/C33H30N2O/c1-2-22-12-14-25(15-13-22)27-20-30-32(31(36)21-27)33(35-29-11-7-6-10-28(29)34-30)26-18-16-24(17-19-26)23-8-4-3-5-9-23/h3-19,27,33-35H,2,20-21H2,1H3. The first kappa shape index (κ1) is 22.4. The predicted octanol–water partition coefficient (Wildman–Crippen LogP) is 7.90. The Hall–Kier alpha value is -4.11. The largest absolute Gasteiger partial charge is 0.372 e. The number of benzene rings is 4. The molecule has 0 saturated heterocycles. The Morgan fingerprint density at radius 2 is 1.33 bits per heavy atom. The lowest BCUT2D eigenvalue weighted by atomic mass is 9.78. The molecule has 3 nitrogen and oxygen atoms in total. The normalized spacial score (nSPS) is 19.0. The molecule has 178 valence electrons. The molecule has 0 fully saturated rings. The molecule has 3 heteroatoms. The van der Waals surface area contributed by atoms with Crippen LogP contribution in [0, 0.1) is 0 Å². The van der Waals surface area contributed by atoms with Gasteiger partial charge in [0.15, 0.2) is 5.78 Å². The Morgan fingerprint density at radius 3 is 2.06 bits per heavy atom. The predicted molar refractivity (Wildman–Crippen MR) is 148 cm³/mol. The molecule has 2 unspecified atom stereocenters. The molecule has 6 rings (SSSR count). The van der Waals surface area contributed by atoms with Crippen molar-refractivity contribution in [1.29, 1.82) is 0 Å². The number of fused-ring (bicyclic) bond motifs is 1. The molecule has 1 heterocycles. The Labute approximate surface area is 212 Å². The molecule has 2 N–H and O–H groups in total. The summed E-state index contributed by atoms with van der Waals surface area (Å²) in [5.41, 5.74) is 9.95. The van der Waals surface area contributed by atoms with Crippen molar-refractivity contribution < 1.29 is 4.79 Å². The van der Waals surface area contributed by atoms with Crippen LogP contribution in [0.1, 0.15) is 48.4 Å². The van der Waals surface area contributed by atoms with Crippen LogP contribution >= 0.6 is 0 Å². The SMILES string of the molecule is CCc1ccc(C2CC(=O)C3=C(C2)Nc2ccccc2NC3c2ccc(-c3ccccc3)cc2)cc1. The van der Waals surface area contributed by atoms with Gasteiger partial charge in [-0.3, -0.25) is 4.79 Å². The minimum atomic E-state index is -0.197. The van der Waals surface area contributed by atoms with E-state index in [4.69, 9.17) is 0 Å². The zero-order valence-electron chi connectivity index (χ0n) is 20.5. The smallest absolute Gasteiger partial charge is 0.163 e. The number of carbonyl (C=O) groups excluding carboxylic acids is 1. The Kier molecular flexibility index (Phi) is 5.90. The summed E-state index contributed by atoms with van der Waals surface area (Å²) in [7, 11) is 0. The summed E-state index contributed by atoms with van der Waals surface area (Å²) < 4.78 is 0. The maximum absolute atomic E-state index is 13.8. The Bertz CT molecular complexity index is 1420. The summed E-state index contributed by atoms with van der Waals surface area (Å²) in [5.74, 6) is 0.395. The molecule has 0 radical (unpaired) electrons. The van der Waals surface area contributed by atoms with Crippen LogP contribution in [-0.2, 0) is 11.2 Å². The van der Waals surface area contributed by atoms with Crippen LogP contribution in [0.25, 0.3) is 11.1 Å². The first-order valence-electron chi connectivity index (χ1n) is 12.8. The molecular weight excluding hydrogens is 440 g/mol. The van der Waals surface area contributed by atoms with E-state index in [0.717, 1.165) is 41.1 Å². The molecule has 2 atom stereocenters. The number of anilines is 2. The summed E-state index contributed by atoms with van der Waals surface area (Å²) in [6.45, 7) is 2.17. The quantitative estimate of drug-likeness (QED) is 0.318. The van der Waals surface area contributed by atoms with Gasteiger partial charge in [-0.2, -0.15) is 0 Å². The molecule has 0 bridgehead atoms. The maximum Gasteiger partial charge on any atom is 0.163 e. The lowest BCUT2D eigenvalue weighted by Crippen LogP contribution is -2.26. The molecule has 1 aliphatic carbocycles. The van der Waals surface area contributed by atoms with Gasteiger partial charge in [0.1, 0.15) is 0 Å². The van der Waals surface area contributed by atoms with Crippen LogP contribution in [0.5, 0.6) is 0 Å². The van der Waals surface area contributed by atoms with Crippen molar-refractivity contribution in [2.24, 2.45) is 0 Å². The molecular formula is C33H30N2O. The van der Waals surface area contributed by atoms with Crippen LogP contribution < -0.4 is 10.6 Å². The molecule has 0 spiro atoms. The zero-order valence-corrected chi connectivity index (χ0v) is 20.5. The van der Waals surface area contributed by atoms with Gasteiger partial charge in [0.05, 0.1) is 17.4 Å². The van der Waals surface area contributed by atoms with Crippen molar-refractivity contribution in [2.75, 3.05) is 10.6 Å². The second-order valence-corrected chi connectivity index (χ2v) is 9.75. The number of allylic oxidation sites excluding steroid dienone is 1. The summed E-state index contributed by atoms with van der Waals surface area (Å²) in [6, 6.07) is 35.8. The summed E-state index contributed by atoms with van der Waals surface area (Å²) in [5, 5.41) is 7.34. The summed E-state index contributed by atoms with van der Waals surface area (Å²) in [6.07, 6.45) is 2.37. The maximum atomic E-state index is 13.8. The Morgan fingerprint density at radius 1 is 0.694 bits per heavy atom. The second-order valence-electron chi connectivity index (χ2n) is 9.75. The van der Waals surface area contributed by atoms with E-state index in [1.165, 1.54) is 22.3 Å². The molecule has 1 aliphatic heterocycles. The van der Waals surface area contributed by atoms with E-state index < -0.39 is 0 Å². The van der Waals surface area contributed by atoms with E-state index in [2.05, 4.69) is 102 Å². The van der Waals surface area contributed by atoms with Gasteiger partial charge in [0, 0.05) is 17.7 Å². The van der Waals surface area contributed by atoms with Crippen molar-refractivity contribution in [1.82, 2.24) is 0 Å². The fraction of sp³-hybridized carbons (Fsp3) is 0.182. The number of aryl methyl sites for hydroxylation is 1. The highest BCUT2D eigenvalue weighted by Crippen LogP contribution is 2.44. The molecule has 2 aliphatic rings. The van der Waals surface area contributed by atoms with Gasteiger partial charge in [-0.25, -0.2) is 0 Å². The number of nitrogens with one attached hydrogen (secondary N) is 2. The van der Waals surface area contributed by atoms with Crippen molar-refractivity contribution in [2.45, 2.75) is 38.1 Å². The van der Waals surface area contributed by atoms with Crippen LogP contribution in [0.15, 0.2) is 114 Å². The number of rotatable bonds is 4. The number of hydrogen-bond donors (Lipinski definition) is 2. The lowest BCUT2D eigenvalue weighted by molar-refractivity contribution is -0.116. The highest BCUT2D eigenvalue weighted by atomic mass is 16.1. The van der Waals surface area contributed by atoms with E-state index in [1.807, 2.05) is 18.2 Å². The molecule has 4 aromatic carbocycles. The van der Waals surface area contributed by atoms with E-state index >= 15 is 0 Å². The third kappa shape index (κ3) is 4.22. The first-order chi connectivity index (χ1) is 17.7. The molecule has 36 heavy (non-hydrogen) atoms. The highest BCUT2D eigenvalue weighted by Gasteiger charge is 2.36. The number of para-hydroxylation sites is 2. The fourth-order valence-electron chi connectivity index (χ4n) is 5.50. The average Bonchev–Trinajstić information content (AvgIpc) is 3.11. The van der Waals surface area contributed by atoms with Crippen LogP contribution in [0.3, 0.4) is 0 Å². The number of carbonyl (C=O) groups is 1.